The van der Waals surface area contributed by atoms with Gasteiger partial charge in [0.2, 0.25) is 5.91 Å². The fraction of sp³-hybridized carbons (Fsp3) is 0.429. The molecule has 0 aromatic heterocycles. The molecule has 2 unspecified atom stereocenters. The molecule has 1 aliphatic heterocycles. The number of nitrogens with one attached hydrogen (secondary N) is 1. The first-order valence-corrected chi connectivity index (χ1v) is 7.83. The van der Waals surface area contributed by atoms with Crippen LogP contribution in [0.15, 0.2) is 24.3 Å². The number of benzene rings is 1. The molecular weight excluding hydrogens is 394 g/mol. The molecule has 4 nitrogen and oxygen atoms in total. The average molecular weight is 405 g/mol. The molecule has 0 saturated carbocycles. The van der Waals surface area contributed by atoms with Crippen molar-refractivity contribution in [1.29, 1.82) is 0 Å². The van der Waals surface area contributed by atoms with Gasteiger partial charge in [-0.25, -0.2) is 0 Å². The summed E-state index contributed by atoms with van der Waals surface area (Å²) in [4.78, 5) is 24.5. The molecule has 0 radical (unpaired) electrons. The van der Waals surface area contributed by atoms with Gasteiger partial charge in [-0.2, -0.15) is 22.0 Å². The van der Waals surface area contributed by atoms with E-state index in [1.54, 1.807) is 0 Å². The molecule has 1 heterocycles. The van der Waals surface area contributed by atoms with Gasteiger partial charge >= 0.3 is 18.0 Å². The zero-order valence-electron chi connectivity index (χ0n) is 12.3. The summed E-state index contributed by atoms with van der Waals surface area (Å²) in [5, 5.41) is 0.628. The number of anilines is 2. The second-order valence-electron chi connectivity index (χ2n) is 5.34. The third-order valence-corrected chi connectivity index (χ3v) is 4.53. The summed E-state index contributed by atoms with van der Waals surface area (Å²) in [6.45, 7) is 0.159. The number of nitrogens with zero attached hydrogens (tertiary/aromatic N) is 1. The van der Waals surface area contributed by atoms with E-state index in [9.17, 15) is 31.5 Å². The molecule has 1 aromatic rings. The van der Waals surface area contributed by atoms with Crippen LogP contribution in [0.2, 0.25) is 0 Å². The van der Waals surface area contributed by atoms with Crippen LogP contribution in [0.5, 0.6) is 0 Å². The molecule has 1 aliphatic rings. The third kappa shape index (κ3) is 3.82. The number of carbonyl (C=O) groups is 2. The van der Waals surface area contributed by atoms with Crippen LogP contribution in [-0.2, 0) is 9.59 Å². The van der Waals surface area contributed by atoms with Crippen LogP contribution in [0.1, 0.15) is 0 Å². The molecule has 0 spiro atoms. The second kappa shape index (κ2) is 6.95. The van der Waals surface area contributed by atoms with Crippen LogP contribution < -0.4 is 10.2 Å². The fourth-order valence-corrected chi connectivity index (χ4v) is 2.87. The Morgan fingerprint density at radius 2 is 1.92 bits per heavy atom. The lowest BCUT2D eigenvalue weighted by atomic mass is 10.1. The van der Waals surface area contributed by atoms with Crippen molar-refractivity contribution >= 4 is 46.4 Å². The van der Waals surface area contributed by atoms with E-state index in [-0.39, 0.29) is 29.7 Å². The summed E-state index contributed by atoms with van der Waals surface area (Å²) in [5.74, 6) is -8.76. The van der Waals surface area contributed by atoms with Crippen molar-refractivity contribution in [3.05, 3.63) is 24.3 Å². The molecule has 1 fully saturated rings. The molecule has 2 atom stereocenters. The lowest BCUT2D eigenvalue weighted by Gasteiger charge is -2.20. The van der Waals surface area contributed by atoms with Gasteiger partial charge in [-0.1, -0.05) is 6.07 Å². The Bertz CT molecular complexity index is 683. The number of alkyl halides is 7. The first kappa shape index (κ1) is 19.7. The van der Waals surface area contributed by atoms with Gasteiger partial charge in [-0.3, -0.25) is 9.59 Å². The molecule has 11 heteroatoms. The second-order valence-corrected chi connectivity index (χ2v) is 6.12. The predicted molar refractivity (Wildman–Crippen MR) is 82.3 cm³/mol. The maximum Gasteiger partial charge on any atom is 0.463 e. The number of amides is 2. The fourth-order valence-electron chi connectivity index (χ4n) is 2.22. The Hall–Kier alpha value is -1.61. The molecule has 0 bridgehead atoms. The largest absolute Gasteiger partial charge is 0.463 e. The van der Waals surface area contributed by atoms with Crippen LogP contribution in [0.4, 0.5) is 33.3 Å². The van der Waals surface area contributed by atoms with Gasteiger partial charge in [-0.15, -0.1) is 23.2 Å². The molecule has 138 valence electrons. The topological polar surface area (TPSA) is 49.4 Å². The van der Waals surface area contributed by atoms with Gasteiger partial charge in [0.15, 0.2) is 0 Å². The number of carbonyl (C=O) groups excluding carboxylic acids is 2. The van der Waals surface area contributed by atoms with Gasteiger partial charge in [-0.05, 0) is 18.2 Å². The Morgan fingerprint density at radius 3 is 2.44 bits per heavy atom. The molecule has 0 aliphatic carbocycles. The smallest absolute Gasteiger partial charge is 0.320 e. The van der Waals surface area contributed by atoms with Gasteiger partial charge in [0.1, 0.15) is 5.38 Å². The molecule has 1 saturated heterocycles. The molecular formula is C14H11Cl2F5N2O2. The van der Waals surface area contributed by atoms with Gasteiger partial charge in [0.25, 0.3) is 0 Å². The summed E-state index contributed by atoms with van der Waals surface area (Å²) in [5.41, 5.74) is -0.129. The van der Waals surface area contributed by atoms with Crippen molar-refractivity contribution in [2.75, 3.05) is 22.6 Å². The van der Waals surface area contributed by atoms with Crippen molar-refractivity contribution in [3.63, 3.8) is 0 Å². The van der Waals surface area contributed by atoms with Crippen molar-refractivity contribution in [1.82, 2.24) is 0 Å². The minimum Gasteiger partial charge on any atom is -0.320 e. The highest BCUT2D eigenvalue weighted by Crippen LogP contribution is 2.37. The zero-order valence-corrected chi connectivity index (χ0v) is 13.8. The lowest BCUT2D eigenvalue weighted by Crippen LogP contribution is -2.47. The van der Waals surface area contributed by atoms with Crippen molar-refractivity contribution < 1.29 is 31.5 Å². The monoisotopic (exact) mass is 404 g/mol. The first-order valence-electron chi connectivity index (χ1n) is 6.86. The third-order valence-electron chi connectivity index (χ3n) is 3.59. The minimum absolute atomic E-state index is 0.116. The summed E-state index contributed by atoms with van der Waals surface area (Å²) >= 11 is 11.6. The highest BCUT2D eigenvalue weighted by molar-refractivity contribution is 6.34. The Balaban J connectivity index is 2.20. The van der Waals surface area contributed by atoms with E-state index in [0.29, 0.717) is 0 Å². The van der Waals surface area contributed by atoms with Crippen LogP contribution in [0.25, 0.3) is 0 Å². The number of halogens is 7. The van der Waals surface area contributed by atoms with Crippen molar-refractivity contribution in [3.8, 4) is 0 Å². The molecule has 2 amide bonds. The van der Waals surface area contributed by atoms with E-state index >= 15 is 0 Å². The molecule has 2 rings (SSSR count). The minimum atomic E-state index is -6.01. The Labute approximate surface area is 148 Å². The van der Waals surface area contributed by atoms with Crippen LogP contribution in [0, 0.1) is 5.92 Å². The molecule has 1 aromatic carbocycles. The lowest BCUT2D eigenvalue weighted by molar-refractivity contribution is -0.267. The normalized spacial score (nSPS) is 21.6. The highest BCUT2D eigenvalue weighted by atomic mass is 35.5. The predicted octanol–water partition coefficient (Wildman–Crippen LogP) is 3.63. The van der Waals surface area contributed by atoms with Gasteiger partial charge in [0.05, 0.1) is 0 Å². The summed E-state index contributed by atoms with van der Waals surface area (Å²) in [6.07, 6.45) is -6.01. The van der Waals surface area contributed by atoms with E-state index in [4.69, 9.17) is 23.2 Å². The number of rotatable bonds is 4. The molecule has 1 N–H and O–H groups in total. The summed E-state index contributed by atoms with van der Waals surface area (Å²) < 4.78 is 62.6. The van der Waals surface area contributed by atoms with E-state index in [2.05, 4.69) is 0 Å². The summed E-state index contributed by atoms with van der Waals surface area (Å²) in [6, 6.07) is 4.94. The Kier molecular flexibility index (Phi) is 5.48. The van der Waals surface area contributed by atoms with E-state index in [1.165, 1.54) is 22.3 Å². The van der Waals surface area contributed by atoms with Crippen LogP contribution in [-0.4, -0.2) is 41.7 Å². The Morgan fingerprint density at radius 1 is 1.28 bits per heavy atom. The highest BCUT2D eigenvalue weighted by Gasteiger charge is 2.63. The molecule has 25 heavy (non-hydrogen) atoms. The van der Waals surface area contributed by atoms with Crippen molar-refractivity contribution in [2.24, 2.45) is 5.92 Å². The first-order chi connectivity index (χ1) is 11.5. The van der Waals surface area contributed by atoms with E-state index in [0.717, 1.165) is 12.1 Å². The summed E-state index contributed by atoms with van der Waals surface area (Å²) in [7, 11) is 0. The van der Waals surface area contributed by atoms with Crippen molar-refractivity contribution in [2.45, 2.75) is 17.5 Å². The number of hydrogen-bond acceptors (Lipinski definition) is 2. The van der Waals surface area contributed by atoms with Gasteiger partial charge < -0.3 is 10.2 Å². The van der Waals surface area contributed by atoms with Crippen LogP contribution >= 0.6 is 23.2 Å². The average Bonchev–Trinajstić information content (AvgIpc) is 2.82. The standard InChI is InChI=1S/C14H11Cl2F5N2O2/c15-5-7-6-23(11(24)10(7)16)9-3-1-2-8(4-9)22-12(25)13(17,18)14(19,20)21/h1-4,7,10H,5-6H2,(H,22,25). The number of hydrogen-bond donors (Lipinski definition) is 1. The van der Waals surface area contributed by atoms with Crippen LogP contribution in [0.3, 0.4) is 0 Å². The maximum absolute atomic E-state index is 13.0. The SMILES string of the molecule is O=C1C(Cl)C(CCl)CN1c1cccc(NC(=O)C(F)(F)C(F)(F)F)c1. The maximum atomic E-state index is 13.0. The van der Waals surface area contributed by atoms with Gasteiger partial charge in [0, 0.05) is 29.7 Å². The van der Waals surface area contributed by atoms with E-state index < -0.39 is 29.3 Å². The zero-order chi connectivity index (χ0) is 19.0. The van der Waals surface area contributed by atoms with E-state index in [1.807, 2.05) is 0 Å². The quantitative estimate of drug-likeness (QED) is 0.615.